The average Bonchev–Trinajstić information content (AvgIpc) is 2.72. The third-order valence-corrected chi connectivity index (χ3v) is 4.03. The van der Waals surface area contributed by atoms with Gasteiger partial charge in [0.25, 0.3) is 5.56 Å². The van der Waals surface area contributed by atoms with E-state index >= 15 is 0 Å². The van der Waals surface area contributed by atoms with E-state index in [0.717, 1.165) is 6.07 Å². The minimum atomic E-state index is -0.637. The van der Waals surface area contributed by atoms with E-state index in [2.05, 4.69) is 0 Å². The summed E-state index contributed by atoms with van der Waals surface area (Å²) in [6.45, 7) is 9.75. The van der Waals surface area contributed by atoms with Gasteiger partial charge in [-0.05, 0) is 36.2 Å². The monoisotopic (exact) mass is 403 g/mol. The number of benzene rings is 2. The Balaban J connectivity index is 0.000000989. The highest BCUT2D eigenvalue weighted by molar-refractivity contribution is 5.29. The lowest BCUT2D eigenvalue weighted by atomic mass is 10.0. The van der Waals surface area contributed by atoms with Gasteiger partial charge in [0.1, 0.15) is 17.5 Å². The van der Waals surface area contributed by atoms with Crippen molar-refractivity contribution in [2.24, 2.45) is 0 Å². The van der Waals surface area contributed by atoms with Crippen LogP contribution in [0.15, 0.2) is 59.5 Å². The number of aryl methyl sites for hydroxylation is 1. The van der Waals surface area contributed by atoms with E-state index in [4.69, 9.17) is 0 Å². The van der Waals surface area contributed by atoms with Crippen molar-refractivity contribution >= 4 is 0 Å². The average molecular weight is 403 g/mol. The quantitative estimate of drug-likeness (QED) is 0.503. The molecule has 0 aliphatic heterocycles. The molecule has 0 radical (unpaired) electrons. The SMILES string of the molecule is CC.CC.Cc1cc(Cc2ccc(F)cc2F)cn(Cc2ccccc2F)c1=O. The molecule has 0 amide bonds. The van der Waals surface area contributed by atoms with Gasteiger partial charge in [-0.3, -0.25) is 4.79 Å². The van der Waals surface area contributed by atoms with E-state index in [1.807, 2.05) is 27.7 Å². The van der Waals surface area contributed by atoms with Gasteiger partial charge >= 0.3 is 0 Å². The summed E-state index contributed by atoms with van der Waals surface area (Å²) in [4.78, 5) is 12.3. The van der Waals surface area contributed by atoms with Gasteiger partial charge < -0.3 is 4.57 Å². The maximum Gasteiger partial charge on any atom is 0.253 e. The van der Waals surface area contributed by atoms with Gasteiger partial charge in [-0.2, -0.15) is 0 Å². The van der Waals surface area contributed by atoms with Crippen molar-refractivity contribution in [3.8, 4) is 0 Å². The lowest BCUT2D eigenvalue weighted by Crippen LogP contribution is -2.23. The van der Waals surface area contributed by atoms with Gasteiger partial charge in [0, 0.05) is 29.8 Å². The van der Waals surface area contributed by atoms with Crippen LogP contribution < -0.4 is 5.56 Å². The molecule has 1 aromatic heterocycles. The Hall–Kier alpha value is -2.82. The molecule has 2 nitrogen and oxygen atoms in total. The first-order chi connectivity index (χ1) is 13.9. The summed E-state index contributed by atoms with van der Waals surface area (Å²) < 4.78 is 42.1. The number of halogens is 3. The second-order valence-corrected chi connectivity index (χ2v) is 5.97. The molecule has 0 saturated heterocycles. The second-order valence-electron chi connectivity index (χ2n) is 5.97. The van der Waals surface area contributed by atoms with Crippen molar-refractivity contribution in [2.75, 3.05) is 0 Å². The number of hydrogen-bond acceptors (Lipinski definition) is 1. The van der Waals surface area contributed by atoms with Crippen LogP contribution in [0.4, 0.5) is 13.2 Å². The fraction of sp³-hybridized carbons (Fsp3) is 0.292. The summed E-state index contributed by atoms with van der Waals surface area (Å²) in [6, 6.07) is 11.3. The molecule has 0 fully saturated rings. The van der Waals surface area contributed by atoms with Gasteiger partial charge in [-0.25, -0.2) is 13.2 Å². The summed E-state index contributed by atoms with van der Waals surface area (Å²) >= 11 is 0. The standard InChI is InChI=1S/C20H16F3NO.2C2H6/c1-13-8-14(9-15-6-7-17(21)10-19(15)23)11-24(20(13)25)12-16-4-2-3-5-18(16)22;2*1-2/h2-8,10-11H,9,12H2,1H3;2*1-2H3. The van der Waals surface area contributed by atoms with E-state index in [9.17, 15) is 18.0 Å². The fourth-order valence-electron chi connectivity index (χ4n) is 2.77. The van der Waals surface area contributed by atoms with Crippen LogP contribution >= 0.6 is 0 Å². The molecule has 0 N–H and O–H groups in total. The largest absolute Gasteiger partial charge is 0.310 e. The van der Waals surface area contributed by atoms with Crippen molar-refractivity contribution in [2.45, 2.75) is 47.6 Å². The number of rotatable bonds is 4. The maximum absolute atomic E-state index is 13.9. The Morgan fingerprint density at radius 2 is 1.48 bits per heavy atom. The molecular weight excluding hydrogens is 375 g/mol. The lowest BCUT2D eigenvalue weighted by Gasteiger charge is -2.11. The van der Waals surface area contributed by atoms with Crippen molar-refractivity contribution in [1.82, 2.24) is 4.57 Å². The molecule has 0 aliphatic carbocycles. The first kappa shape index (κ1) is 24.2. The molecule has 29 heavy (non-hydrogen) atoms. The highest BCUT2D eigenvalue weighted by atomic mass is 19.1. The fourth-order valence-corrected chi connectivity index (χ4v) is 2.77. The van der Waals surface area contributed by atoms with Crippen LogP contribution in [0.25, 0.3) is 0 Å². The van der Waals surface area contributed by atoms with Gasteiger partial charge in [0.15, 0.2) is 0 Å². The number of pyridine rings is 1. The Morgan fingerprint density at radius 3 is 2.10 bits per heavy atom. The summed E-state index contributed by atoms with van der Waals surface area (Å²) in [5, 5.41) is 0. The summed E-state index contributed by atoms with van der Waals surface area (Å²) in [5.41, 5.74) is 1.67. The minimum absolute atomic E-state index is 0.0894. The maximum atomic E-state index is 13.9. The first-order valence-corrected chi connectivity index (χ1v) is 9.81. The molecule has 156 valence electrons. The molecule has 0 aliphatic rings. The van der Waals surface area contributed by atoms with Crippen LogP contribution in [-0.2, 0) is 13.0 Å². The zero-order valence-corrected chi connectivity index (χ0v) is 17.6. The van der Waals surface area contributed by atoms with E-state index in [0.29, 0.717) is 22.3 Å². The zero-order valence-electron chi connectivity index (χ0n) is 17.6. The van der Waals surface area contributed by atoms with Crippen molar-refractivity contribution in [3.05, 3.63) is 105 Å². The highest BCUT2D eigenvalue weighted by Crippen LogP contribution is 2.15. The molecule has 0 saturated carbocycles. The molecule has 5 heteroatoms. The second kappa shape index (κ2) is 11.9. The number of aromatic nitrogens is 1. The molecule has 2 aromatic carbocycles. The van der Waals surface area contributed by atoms with Crippen LogP contribution in [-0.4, -0.2) is 4.57 Å². The number of hydrogen-bond donors (Lipinski definition) is 0. The summed E-state index contributed by atoms with van der Waals surface area (Å²) in [5.74, 6) is -1.66. The highest BCUT2D eigenvalue weighted by Gasteiger charge is 2.10. The van der Waals surface area contributed by atoms with E-state index in [1.165, 1.54) is 22.8 Å². The summed E-state index contributed by atoms with van der Waals surface area (Å²) in [7, 11) is 0. The van der Waals surface area contributed by atoms with Crippen molar-refractivity contribution in [1.29, 1.82) is 0 Å². The van der Waals surface area contributed by atoms with Crippen LogP contribution in [0.5, 0.6) is 0 Å². The Bertz CT molecular complexity index is 980. The van der Waals surface area contributed by atoms with Gasteiger partial charge in [-0.1, -0.05) is 52.0 Å². The van der Waals surface area contributed by atoms with Crippen molar-refractivity contribution < 1.29 is 13.2 Å². The molecule has 0 unspecified atom stereocenters. The van der Waals surface area contributed by atoms with Crippen LogP contribution in [0, 0.1) is 24.4 Å². The third-order valence-electron chi connectivity index (χ3n) is 4.03. The number of nitrogens with zero attached hydrogens (tertiary/aromatic N) is 1. The molecule has 3 aromatic rings. The topological polar surface area (TPSA) is 22.0 Å². The minimum Gasteiger partial charge on any atom is -0.310 e. The smallest absolute Gasteiger partial charge is 0.253 e. The first-order valence-electron chi connectivity index (χ1n) is 9.81. The molecular formula is C24H28F3NO. The predicted molar refractivity (Wildman–Crippen MR) is 113 cm³/mol. The van der Waals surface area contributed by atoms with E-state index < -0.39 is 11.6 Å². The van der Waals surface area contributed by atoms with Gasteiger partial charge in [0.2, 0.25) is 0 Å². The predicted octanol–water partition coefficient (Wildman–Crippen LogP) is 6.27. The molecule has 0 atom stereocenters. The molecule has 1 heterocycles. The molecule has 0 spiro atoms. The van der Waals surface area contributed by atoms with Crippen LogP contribution in [0.3, 0.4) is 0 Å². The van der Waals surface area contributed by atoms with Gasteiger partial charge in [0.05, 0.1) is 6.54 Å². The van der Waals surface area contributed by atoms with Crippen molar-refractivity contribution in [3.63, 3.8) is 0 Å². The third kappa shape index (κ3) is 6.63. The zero-order chi connectivity index (χ0) is 22.0. The van der Waals surface area contributed by atoms with E-state index in [1.54, 1.807) is 37.4 Å². The van der Waals surface area contributed by atoms with E-state index in [-0.39, 0.29) is 24.3 Å². The molecule has 3 rings (SSSR count). The Kier molecular flexibility index (Phi) is 9.93. The Morgan fingerprint density at radius 1 is 0.828 bits per heavy atom. The van der Waals surface area contributed by atoms with Gasteiger partial charge in [-0.15, -0.1) is 0 Å². The normalized spacial score (nSPS) is 9.79. The molecule has 0 bridgehead atoms. The van der Waals surface area contributed by atoms with Crippen LogP contribution in [0.2, 0.25) is 0 Å². The Labute approximate surface area is 170 Å². The van der Waals surface area contributed by atoms with Crippen LogP contribution in [0.1, 0.15) is 49.9 Å². The lowest BCUT2D eigenvalue weighted by molar-refractivity contribution is 0.574. The summed E-state index contributed by atoms with van der Waals surface area (Å²) in [6.07, 6.45) is 1.80.